The van der Waals surface area contributed by atoms with E-state index in [9.17, 15) is 4.79 Å². The molecule has 130 valence electrons. The van der Waals surface area contributed by atoms with Crippen molar-refractivity contribution in [1.29, 1.82) is 5.26 Å². The summed E-state index contributed by atoms with van der Waals surface area (Å²) in [7, 11) is 0. The van der Waals surface area contributed by atoms with Crippen LogP contribution in [0.15, 0.2) is 29.2 Å². The first-order valence-corrected chi connectivity index (χ1v) is 9.41. The van der Waals surface area contributed by atoms with Crippen molar-refractivity contribution in [2.45, 2.75) is 31.1 Å². The fraction of sp³-hybridized carbons (Fsp3) is 0.556. The Balaban J connectivity index is 1.67. The van der Waals surface area contributed by atoms with Crippen molar-refractivity contribution in [2.75, 3.05) is 30.8 Å². The molecule has 1 aromatic carbocycles. The minimum absolute atomic E-state index is 0.0208. The number of nitrogens with zero attached hydrogens (tertiary/aromatic N) is 1. The second-order valence-electron chi connectivity index (χ2n) is 6.09. The first-order chi connectivity index (χ1) is 11.7. The molecule has 1 atom stereocenters. The number of ether oxygens (including phenoxy) is 1. The van der Waals surface area contributed by atoms with Gasteiger partial charge in [-0.1, -0.05) is 12.1 Å². The number of rotatable bonds is 10. The van der Waals surface area contributed by atoms with Crippen LogP contribution in [0.1, 0.15) is 26.2 Å². The highest BCUT2D eigenvalue weighted by molar-refractivity contribution is 7.99. The lowest BCUT2D eigenvalue weighted by molar-refractivity contribution is 0.122. The SMILES string of the molecule is C[C@@H](C#N)CSc1ccccc1NC(=O)NCCCOCC1CC1. The van der Waals surface area contributed by atoms with Crippen molar-refractivity contribution < 1.29 is 9.53 Å². The van der Waals surface area contributed by atoms with E-state index in [-0.39, 0.29) is 11.9 Å². The number of para-hydroxylation sites is 1. The number of hydrogen-bond donors (Lipinski definition) is 2. The summed E-state index contributed by atoms with van der Waals surface area (Å²) in [6.45, 7) is 4.03. The summed E-state index contributed by atoms with van der Waals surface area (Å²) in [4.78, 5) is 13.0. The maximum absolute atomic E-state index is 12.0. The molecule has 2 N–H and O–H groups in total. The molecular weight excluding hydrogens is 322 g/mol. The van der Waals surface area contributed by atoms with E-state index in [4.69, 9.17) is 10.00 Å². The van der Waals surface area contributed by atoms with Crippen molar-refractivity contribution in [2.24, 2.45) is 11.8 Å². The predicted octanol–water partition coefficient (Wildman–Crippen LogP) is 3.88. The molecule has 0 radical (unpaired) electrons. The van der Waals surface area contributed by atoms with Gasteiger partial charge >= 0.3 is 6.03 Å². The van der Waals surface area contributed by atoms with Gasteiger partial charge in [-0.25, -0.2) is 4.79 Å². The zero-order valence-corrected chi connectivity index (χ0v) is 14.9. The van der Waals surface area contributed by atoms with E-state index in [1.54, 1.807) is 11.8 Å². The van der Waals surface area contributed by atoms with E-state index in [0.29, 0.717) is 18.9 Å². The van der Waals surface area contributed by atoms with E-state index >= 15 is 0 Å². The number of nitrogens with one attached hydrogen (secondary N) is 2. The Morgan fingerprint density at radius 1 is 1.46 bits per heavy atom. The van der Waals surface area contributed by atoms with Crippen molar-refractivity contribution in [1.82, 2.24) is 5.32 Å². The van der Waals surface area contributed by atoms with E-state index in [1.807, 2.05) is 31.2 Å². The fourth-order valence-corrected chi connectivity index (χ4v) is 2.98. The Labute approximate surface area is 148 Å². The van der Waals surface area contributed by atoms with Crippen molar-refractivity contribution in [3.63, 3.8) is 0 Å². The molecular formula is C18H25N3O2S. The van der Waals surface area contributed by atoms with Crippen molar-refractivity contribution in [3.05, 3.63) is 24.3 Å². The molecule has 1 aliphatic rings. The maximum atomic E-state index is 12.0. The number of amides is 2. The Morgan fingerprint density at radius 3 is 3.00 bits per heavy atom. The van der Waals surface area contributed by atoms with Gasteiger partial charge in [-0.05, 0) is 44.2 Å². The van der Waals surface area contributed by atoms with Gasteiger partial charge in [-0.3, -0.25) is 0 Å². The number of hydrogen-bond acceptors (Lipinski definition) is 4. The number of thioether (sulfide) groups is 1. The number of nitriles is 1. The summed E-state index contributed by atoms with van der Waals surface area (Å²) in [5, 5.41) is 14.6. The summed E-state index contributed by atoms with van der Waals surface area (Å²) in [5.41, 5.74) is 0.773. The zero-order valence-electron chi connectivity index (χ0n) is 14.1. The average molecular weight is 347 g/mol. The smallest absolute Gasteiger partial charge is 0.319 e. The Bertz CT molecular complexity index is 570. The van der Waals surface area contributed by atoms with Crippen molar-refractivity contribution >= 4 is 23.5 Å². The highest BCUT2D eigenvalue weighted by Gasteiger charge is 2.20. The van der Waals surface area contributed by atoms with Crippen LogP contribution in [0.3, 0.4) is 0 Å². The van der Waals surface area contributed by atoms with Crippen LogP contribution in [0.25, 0.3) is 0 Å². The molecule has 24 heavy (non-hydrogen) atoms. The van der Waals surface area contributed by atoms with Gasteiger partial charge in [0.1, 0.15) is 0 Å². The van der Waals surface area contributed by atoms with Gasteiger partial charge in [0.25, 0.3) is 0 Å². The third-order valence-electron chi connectivity index (χ3n) is 3.65. The summed E-state index contributed by atoms with van der Waals surface area (Å²) in [6, 6.07) is 9.65. The minimum atomic E-state index is -0.210. The first kappa shape index (κ1) is 18.6. The third kappa shape index (κ3) is 7.24. The molecule has 0 heterocycles. The quantitative estimate of drug-likeness (QED) is 0.497. The molecule has 0 saturated heterocycles. The van der Waals surface area contributed by atoms with Gasteiger partial charge in [-0.2, -0.15) is 5.26 Å². The molecule has 2 amide bonds. The van der Waals surface area contributed by atoms with Crippen LogP contribution in [0.5, 0.6) is 0 Å². The van der Waals surface area contributed by atoms with Gasteiger partial charge < -0.3 is 15.4 Å². The highest BCUT2D eigenvalue weighted by atomic mass is 32.2. The molecule has 1 fully saturated rings. The number of benzene rings is 1. The van der Waals surface area contributed by atoms with Gasteiger partial charge in [0, 0.05) is 30.4 Å². The second-order valence-corrected chi connectivity index (χ2v) is 7.15. The summed E-state index contributed by atoms with van der Waals surface area (Å²) in [6.07, 6.45) is 3.41. The van der Waals surface area contributed by atoms with Crippen LogP contribution in [0.2, 0.25) is 0 Å². The topological polar surface area (TPSA) is 74.2 Å². The highest BCUT2D eigenvalue weighted by Crippen LogP contribution is 2.29. The lowest BCUT2D eigenvalue weighted by Gasteiger charge is -2.12. The number of carbonyl (C=O) groups excluding carboxylic acids is 1. The Hall–Kier alpha value is -1.71. The van der Waals surface area contributed by atoms with Crippen LogP contribution in [0.4, 0.5) is 10.5 Å². The number of anilines is 1. The largest absolute Gasteiger partial charge is 0.381 e. The third-order valence-corrected chi connectivity index (χ3v) is 4.98. The van der Waals surface area contributed by atoms with Crippen LogP contribution in [-0.2, 0) is 4.74 Å². The molecule has 1 aliphatic carbocycles. The van der Waals surface area contributed by atoms with Crippen LogP contribution in [0, 0.1) is 23.2 Å². The molecule has 1 aromatic rings. The lowest BCUT2D eigenvalue weighted by Crippen LogP contribution is -2.30. The molecule has 0 aromatic heterocycles. The molecule has 1 saturated carbocycles. The molecule has 2 rings (SSSR count). The maximum Gasteiger partial charge on any atom is 0.319 e. The van der Waals surface area contributed by atoms with Crippen LogP contribution in [-0.4, -0.2) is 31.5 Å². The van der Waals surface area contributed by atoms with Crippen LogP contribution >= 0.6 is 11.8 Å². The first-order valence-electron chi connectivity index (χ1n) is 8.43. The average Bonchev–Trinajstić information content (AvgIpc) is 3.41. The Morgan fingerprint density at radius 2 is 2.25 bits per heavy atom. The molecule has 6 heteroatoms. The standard InChI is InChI=1S/C18H25N3O2S/c1-14(11-19)13-24-17-6-3-2-5-16(17)21-18(22)20-9-4-10-23-12-15-7-8-15/h2-3,5-6,14-15H,4,7-10,12-13H2,1H3,(H2,20,21,22)/t14-/m0/s1. The van der Waals surface area contributed by atoms with E-state index in [1.165, 1.54) is 12.8 Å². The molecule has 0 bridgehead atoms. The number of urea groups is 1. The summed E-state index contributed by atoms with van der Waals surface area (Å²) < 4.78 is 5.54. The monoisotopic (exact) mass is 347 g/mol. The molecule has 0 unspecified atom stereocenters. The normalized spacial score (nSPS) is 14.7. The van der Waals surface area contributed by atoms with Gasteiger partial charge in [0.05, 0.1) is 17.7 Å². The van der Waals surface area contributed by atoms with E-state index < -0.39 is 0 Å². The van der Waals surface area contributed by atoms with Gasteiger partial charge in [-0.15, -0.1) is 11.8 Å². The predicted molar refractivity (Wildman–Crippen MR) is 97.1 cm³/mol. The fourth-order valence-electron chi connectivity index (χ4n) is 2.02. The summed E-state index contributed by atoms with van der Waals surface area (Å²) in [5.74, 6) is 1.46. The van der Waals surface area contributed by atoms with Crippen LogP contribution < -0.4 is 10.6 Å². The van der Waals surface area contributed by atoms with Gasteiger partial charge in [0.2, 0.25) is 0 Å². The summed E-state index contributed by atoms with van der Waals surface area (Å²) >= 11 is 1.58. The molecule has 5 nitrogen and oxygen atoms in total. The van der Waals surface area contributed by atoms with E-state index in [0.717, 1.165) is 29.5 Å². The molecule has 0 aliphatic heterocycles. The molecule has 0 spiro atoms. The van der Waals surface area contributed by atoms with E-state index in [2.05, 4.69) is 16.7 Å². The zero-order chi connectivity index (χ0) is 17.2. The minimum Gasteiger partial charge on any atom is -0.381 e. The van der Waals surface area contributed by atoms with Crippen molar-refractivity contribution in [3.8, 4) is 6.07 Å². The lowest BCUT2D eigenvalue weighted by atomic mass is 10.3. The van der Waals surface area contributed by atoms with Gasteiger partial charge in [0.15, 0.2) is 0 Å². The Kier molecular flexibility index (Phi) is 7.93. The second kappa shape index (κ2) is 10.2. The number of carbonyl (C=O) groups is 1.